The van der Waals surface area contributed by atoms with Gasteiger partial charge < -0.3 is 4.74 Å². The Kier molecular flexibility index (Phi) is 5.26. The molecule has 0 radical (unpaired) electrons. The van der Waals surface area contributed by atoms with Gasteiger partial charge in [-0.3, -0.25) is 14.6 Å². The van der Waals surface area contributed by atoms with E-state index in [9.17, 15) is 14.4 Å². The number of ether oxygens (including phenoxy) is 1. The third-order valence-corrected chi connectivity index (χ3v) is 5.73. The van der Waals surface area contributed by atoms with E-state index < -0.39 is 29.7 Å². The van der Waals surface area contributed by atoms with E-state index in [2.05, 4.69) is 5.10 Å². The van der Waals surface area contributed by atoms with Crippen LogP contribution in [-0.2, 0) is 19.1 Å². The summed E-state index contributed by atoms with van der Waals surface area (Å²) in [5, 5.41) is 6.52. The summed E-state index contributed by atoms with van der Waals surface area (Å²) in [7, 11) is 0. The van der Waals surface area contributed by atoms with E-state index in [1.54, 1.807) is 56.3 Å². The number of hydrazone groups is 1. The fourth-order valence-corrected chi connectivity index (χ4v) is 4.05. The van der Waals surface area contributed by atoms with Gasteiger partial charge in [-0.25, -0.2) is 9.69 Å². The number of hydrogen-bond acceptors (Lipinski definition) is 6. The van der Waals surface area contributed by atoms with E-state index in [4.69, 9.17) is 27.9 Å². The number of esters is 1. The predicted octanol–water partition coefficient (Wildman–Crippen LogP) is 3.60. The Balaban J connectivity index is 1.83. The van der Waals surface area contributed by atoms with Crippen LogP contribution in [0.1, 0.15) is 12.5 Å². The van der Waals surface area contributed by atoms with Gasteiger partial charge in [0.1, 0.15) is 12.0 Å². The maximum Gasteiger partial charge on any atom is 0.355 e. The van der Waals surface area contributed by atoms with Gasteiger partial charge in [-0.05, 0) is 49.7 Å². The van der Waals surface area contributed by atoms with Gasteiger partial charge in [-0.1, -0.05) is 35.3 Å². The first-order valence-corrected chi connectivity index (χ1v) is 10.0. The zero-order valence-corrected chi connectivity index (χ0v) is 17.6. The Morgan fingerprint density at radius 2 is 1.87 bits per heavy atom. The molecule has 1 saturated heterocycles. The van der Waals surface area contributed by atoms with Crippen LogP contribution in [0.2, 0.25) is 10.0 Å². The van der Waals surface area contributed by atoms with E-state index in [1.807, 2.05) is 0 Å². The highest BCUT2D eigenvalue weighted by Gasteiger charge is 2.59. The average Bonchev–Trinajstić information content (AvgIpc) is 3.22. The Morgan fingerprint density at radius 1 is 1.13 bits per heavy atom. The molecule has 2 aliphatic rings. The number of benzene rings is 2. The van der Waals surface area contributed by atoms with E-state index in [-0.39, 0.29) is 12.3 Å². The second-order valence-corrected chi connectivity index (χ2v) is 7.69. The smallest absolute Gasteiger partial charge is 0.355 e. The van der Waals surface area contributed by atoms with Crippen molar-refractivity contribution in [3.8, 4) is 0 Å². The number of hydrogen-bond donors (Lipinski definition) is 0. The second-order valence-electron chi connectivity index (χ2n) is 6.85. The first-order valence-electron chi connectivity index (χ1n) is 9.28. The van der Waals surface area contributed by atoms with Crippen molar-refractivity contribution >= 4 is 58.1 Å². The molecule has 0 aliphatic carbocycles. The lowest BCUT2D eigenvalue weighted by Gasteiger charge is -2.23. The largest absolute Gasteiger partial charge is 0.461 e. The Hall–Kier alpha value is -2.90. The van der Waals surface area contributed by atoms with Gasteiger partial charge in [-0.15, -0.1) is 0 Å². The molecule has 9 heteroatoms. The standard InChI is InChI=1S/C21H17Cl2N3O4/c1-3-30-21(29)17-16-18(26(24-17)13-7-4-6-12(22)10-13)20(28)25(19(16)27)15-9-5-8-14(23)11(15)2/h4-10,16,18H,3H2,1-2H3. The molecule has 2 unspecified atom stereocenters. The predicted molar refractivity (Wildman–Crippen MR) is 114 cm³/mol. The van der Waals surface area contributed by atoms with Gasteiger partial charge >= 0.3 is 5.97 Å². The SMILES string of the molecule is CCOC(=O)C1=NN(c2cccc(Cl)c2)C2C(=O)N(c3cccc(Cl)c3C)C(=O)C12. The van der Waals surface area contributed by atoms with Gasteiger partial charge in [0.25, 0.3) is 5.91 Å². The highest BCUT2D eigenvalue weighted by molar-refractivity contribution is 6.47. The molecule has 2 atom stereocenters. The van der Waals surface area contributed by atoms with Gasteiger partial charge in [0, 0.05) is 10.0 Å². The summed E-state index contributed by atoms with van der Waals surface area (Å²) in [6.07, 6.45) is 0. The summed E-state index contributed by atoms with van der Waals surface area (Å²) >= 11 is 12.3. The number of halogens is 2. The van der Waals surface area contributed by atoms with Crippen molar-refractivity contribution in [2.45, 2.75) is 19.9 Å². The van der Waals surface area contributed by atoms with Gasteiger partial charge in [0.2, 0.25) is 5.91 Å². The van der Waals surface area contributed by atoms with E-state index >= 15 is 0 Å². The molecule has 7 nitrogen and oxygen atoms in total. The summed E-state index contributed by atoms with van der Waals surface area (Å²) in [6.45, 7) is 3.50. The quantitative estimate of drug-likeness (QED) is 0.530. The third-order valence-electron chi connectivity index (χ3n) is 5.09. The van der Waals surface area contributed by atoms with Gasteiger partial charge in [0.15, 0.2) is 5.71 Å². The summed E-state index contributed by atoms with van der Waals surface area (Å²) < 4.78 is 5.08. The Morgan fingerprint density at radius 3 is 2.57 bits per heavy atom. The van der Waals surface area contributed by atoms with Crippen LogP contribution in [-0.4, -0.2) is 36.1 Å². The molecule has 0 bridgehead atoms. The van der Waals surface area contributed by atoms with E-state index in [1.165, 1.54) is 5.01 Å². The number of amides is 2. The molecule has 2 aliphatic heterocycles. The van der Waals surface area contributed by atoms with Crippen LogP contribution in [0.4, 0.5) is 11.4 Å². The summed E-state index contributed by atoms with van der Waals surface area (Å²) in [4.78, 5) is 40.4. The summed E-state index contributed by atoms with van der Waals surface area (Å²) in [5.41, 5.74) is 1.34. The van der Waals surface area contributed by atoms with Crippen LogP contribution in [0, 0.1) is 12.8 Å². The van der Waals surface area contributed by atoms with Crippen LogP contribution in [0.25, 0.3) is 0 Å². The molecular weight excluding hydrogens is 429 g/mol. The highest BCUT2D eigenvalue weighted by atomic mass is 35.5. The lowest BCUT2D eigenvalue weighted by atomic mass is 9.97. The minimum Gasteiger partial charge on any atom is -0.461 e. The van der Waals surface area contributed by atoms with Crippen LogP contribution in [0.5, 0.6) is 0 Å². The van der Waals surface area contributed by atoms with Crippen LogP contribution < -0.4 is 9.91 Å². The molecule has 1 fully saturated rings. The topological polar surface area (TPSA) is 79.3 Å². The molecule has 0 saturated carbocycles. The molecule has 0 spiro atoms. The normalized spacial score (nSPS) is 20.5. The number of carbonyl (C=O) groups excluding carboxylic acids is 3. The summed E-state index contributed by atoms with van der Waals surface area (Å²) in [6, 6.07) is 10.6. The van der Waals surface area contributed by atoms with Crippen molar-refractivity contribution in [3.63, 3.8) is 0 Å². The molecule has 2 amide bonds. The minimum absolute atomic E-state index is 0.109. The van der Waals surface area contributed by atoms with E-state index in [0.717, 1.165) is 4.90 Å². The van der Waals surface area contributed by atoms with Crippen molar-refractivity contribution < 1.29 is 19.1 Å². The summed E-state index contributed by atoms with van der Waals surface area (Å²) in [5.74, 6) is -2.87. The molecular formula is C21H17Cl2N3O4. The lowest BCUT2D eigenvalue weighted by Crippen LogP contribution is -2.39. The third kappa shape index (κ3) is 3.14. The second kappa shape index (κ2) is 7.74. The van der Waals surface area contributed by atoms with Crippen LogP contribution >= 0.6 is 23.2 Å². The average molecular weight is 446 g/mol. The van der Waals surface area contributed by atoms with E-state index in [0.29, 0.717) is 27.0 Å². The first-order chi connectivity index (χ1) is 14.3. The number of nitrogens with zero attached hydrogens (tertiary/aromatic N) is 3. The van der Waals surface area contributed by atoms with Gasteiger partial charge in [0.05, 0.1) is 18.0 Å². The Labute approximate surface area is 182 Å². The van der Waals surface area contributed by atoms with Crippen molar-refractivity contribution in [1.82, 2.24) is 0 Å². The molecule has 0 N–H and O–H groups in total. The number of anilines is 2. The Bertz CT molecular complexity index is 1100. The van der Waals surface area contributed by atoms with Crippen LogP contribution in [0.3, 0.4) is 0 Å². The fourth-order valence-electron chi connectivity index (χ4n) is 3.70. The number of imide groups is 1. The molecule has 4 rings (SSSR count). The molecule has 2 aromatic rings. The number of carbonyl (C=O) groups is 3. The van der Waals surface area contributed by atoms with Crippen molar-refractivity contribution in [2.24, 2.45) is 11.0 Å². The molecule has 0 aromatic heterocycles. The highest BCUT2D eigenvalue weighted by Crippen LogP contribution is 2.40. The molecule has 154 valence electrons. The lowest BCUT2D eigenvalue weighted by molar-refractivity contribution is -0.136. The number of rotatable bonds is 4. The maximum absolute atomic E-state index is 13.4. The monoisotopic (exact) mass is 445 g/mol. The molecule has 30 heavy (non-hydrogen) atoms. The first kappa shape index (κ1) is 20.4. The van der Waals surface area contributed by atoms with Crippen molar-refractivity contribution in [2.75, 3.05) is 16.5 Å². The molecule has 2 heterocycles. The minimum atomic E-state index is -1.09. The zero-order chi connectivity index (χ0) is 21.6. The fraction of sp³-hybridized carbons (Fsp3) is 0.238. The molecule has 2 aromatic carbocycles. The van der Waals surface area contributed by atoms with Crippen molar-refractivity contribution in [1.29, 1.82) is 0 Å². The maximum atomic E-state index is 13.4. The zero-order valence-electron chi connectivity index (χ0n) is 16.1. The van der Waals surface area contributed by atoms with Crippen molar-refractivity contribution in [3.05, 3.63) is 58.1 Å². The number of fused-ring (bicyclic) bond motifs is 1. The van der Waals surface area contributed by atoms with Gasteiger partial charge in [-0.2, -0.15) is 5.10 Å². The van der Waals surface area contributed by atoms with Crippen LogP contribution in [0.15, 0.2) is 47.6 Å².